The third kappa shape index (κ3) is 2.03. The van der Waals surface area contributed by atoms with Gasteiger partial charge in [0.2, 0.25) is 0 Å². The molecule has 4 nitrogen and oxygen atoms in total. The first kappa shape index (κ1) is 11.7. The van der Waals surface area contributed by atoms with Crippen LogP contribution in [0.25, 0.3) is 11.3 Å². The van der Waals surface area contributed by atoms with Gasteiger partial charge in [-0.1, -0.05) is 0 Å². The Morgan fingerprint density at radius 1 is 1.35 bits per heavy atom. The molecule has 90 valence electrons. The summed E-state index contributed by atoms with van der Waals surface area (Å²) < 4.78 is 5.24. The van der Waals surface area contributed by atoms with E-state index in [1.54, 1.807) is 7.11 Å². The Balaban J connectivity index is 2.46. The number of H-pyrrole nitrogens is 1. The lowest BCUT2D eigenvalue weighted by Crippen LogP contribution is -1.98. The Bertz CT molecular complexity index is 531. The van der Waals surface area contributed by atoms with Crippen molar-refractivity contribution in [2.45, 2.75) is 20.4 Å². The highest BCUT2D eigenvalue weighted by molar-refractivity contribution is 5.65. The van der Waals surface area contributed by atoms with Gasteiger partial charge in [-0.3, -0.25) is 5.10 Å². The lowest BCUT2D eigenvalue weighted by atomic mass is 10.0. The van der Waals surface area contributed by atoms with Crippen molar-refractivity contribution in [1.82, 2.24) is 10.2 Å². The first-order valence-electron chi connectivity index (χ1n) is 5.56. The van der Waals surface area contributed by atoms with Crippen molar-refractivity contribution in [3.63, 3.8) is 0 Å². The molecule has 0 saturated carbocycles. The maximum atomic E-state index is 5.63. The minimum absolute atomic E-state index is 0.480. The van der Waals surface area contributed by atoms with Crippen LogP contribution < -0.4 is 10.5 Å². The second kappa shape index (κ2) is 4.59. The van der Waals surface area contributed by atoms with Crippen LogP contribution in [0.4, 0.5) is 0 Å². The van der Waals surface area contributed by atoms with Gasteiger partial charge < -0.3 is 10.5 Å². The molecule has 4 heteroatoms. The highest BCUT2D eigenvalue weighted by Gasteiger charge is 2.10. The van der Waals surface area contributed by atoms with Gasteiger partial charge >= 0.3 is 0 Å². The predicted octanol–water partition coefficient (Wildman–Crippen LogP) is 2.16. The Morgan fingerprint density at radius 2 is 2.12 bits per heavy atom. The van der Waals surface area contributed by atoms with E-state index in [2.05, 4.69) is 16.3 Å². The van der Waals surface area contributed by atoms with Crippen LogP contribution in [0.1, 0.15) is 16.8 Å². The van der Waals surface area contributed by atoms with Gasteiger partial charge in [-0.05, 0) is 43.2 Å². The molecule has 0 unspecified atom stereocenters. The third-order valence-corrected chi connectivity index (χ3v) is 2.98. The van der Waals surface area contributed by atoms with Crippen LogP contribution >= 0.6 is 0 Å². The number of rotatable bonds is 3. The molecule has 17 heavy (non-hydrogen) atoms. The molecule has 0 spiro atoms. The fraction of sp³-hybridized carbons (Fsp3) is 0.308. The molecule has 1 heterocycles. The molecule has 0 aliphatic heterocycles. The van der Waals surface area contributed by atoms with E-state index in [0.717, 1.165) is 33.8 Å². The second-order valence-corrected chi connectivity index (χ2v) is 4.06. The molecule has 0 bridgehead atoms. The van der Waals surface area contributed by atoms with Crippen molar-refractivity contribution in [3.8, 4) is 17.0 Å². The number of methoxy groups -OCH3 is 1. The topological polar surface area (TPSA) is 63.9 Å². The number of nitrogens with zero attached hydrogens (tertiary/aromatic N) is 1. The van der Waals surface area contributed by atoms with E-state index in [0.29, 0.717) is 6.54 Å². The van der Waals surface area contributed by atoms with Gasteiger partial charge in [0.15, 0.2) is 0 Å². The second-order valence-electron chi connectivity index (χ2n) is 4.06. The van der Waals surface area contributed by atoms with Gasteiger partial charge in [-0.2, -0.15) is 5.10 Å². The average molecular weight is 231 g/mol. The first-order valence-corrected chi connectivity index (χ1v) is 5.56. The molecule has 0 atom stereocenters. The van der Waals surface area contributed by atoms with E-state index in [1.807, 2.05) is 26.0 Å². The summed E-state index contributed by atoms with van der Waals surface area (Å²) in [5.41, 5.74) is 10.8. The molecule has 0 amide bonds. The molecular formula is C13H17N3O. The fourth-order valence-corrected chi connectivity index (χ4v) is 1.94. The third-order valence-electron chi connectivity index (χ3n) is 2.98. The maximum absolute atomic E-state index is 5.63. The molecule has 3 N–H and O–H groups in total. The monoisotopic (exact) mass is 231 g/mol. The van der Waals surface area contributed by atoms with Crippen LogP contribution in [-0.2, 0) is 6.54 Å². The predicted molar refractivity (Wildman–Crippen MR) is 67.9 cm³/mol. The van der Waals surface area contributed by atoms with Crippen LogP contribution in [0.3, 0.4) is 0 Å². The molecule has 1 aromatic heterocycles. The van der Waals surface area contributed by atoms with Crippen molar-refractivity contribution >= 4 is 0 Å². The Hall–Kier alpha value is -1.81. The number of ether oxygens (including phenoxy) is 1. The number of nitrogens with two attached hydrogens (primary N) is 1. The molecule has 0 radical (unpaired) electrons. The van der Waals surface area contributed by atoms with Crippen molar-refractivity contribution in [1.29, 1.82) is 0 Å². The summed E-state index contributed by atoms with van der Waals surface area (Å²) in [6, 6.07) is 6.04. The summed E-state index contributed by atoms with van der Waals surface area (Å²) in [7, 11) is 1.67. The van der Waals surface area contributed by atoms with Crippen LogP contribution in [0.5, 0.6) is 5.75 Å². The Kier molecular flexibility index (Phi) is 3.15. The molecule has 0 saturated heterocycles. The zero-order chi connectivity index (χ0) is 12.4. The van der Waals surface area contributed by atoms with Gasteiger partial charge in [0, 0.05) is 12.1 Å². The van der Waals surface area contributed by atoms with Crippen molar-refractivity contribution < 1.29 is 4.74 Å². The van der Waals surface area contributed by atoms with Crippen LogP contribution in [0, 0.1) is 13.8 Å². The lowest BCUT2D eigenvalue weighted by molar-refractivity contribution is 0.412. The molecule has 0 aliphatic carbocycles. The fourth-order valence-electron chi connectivity index (χ4n) is 1.94. The van der Waals surface area contributed by atoms with E-state index < -0.39 is 0 Å². The van der Waals surface area contributed by atoms with E-state index in [4.69, 9.17) is 10.5 Å². The summed E-state index contributed by atoms with van der Waals surface area (Å²) in [6.07, 6.45) is 0. The van der Waals surface area contributed by atoms with Gasteiger partial charge in [-0.15, -0.1) is 0 Å². The van der Waals surface area contributed by atoms with Gasteiger partial charge in [0.1, 0.15) is 5.75 Å². The Labute approximate surface area is 101 Å². The summed E-state index contributed by atoms with van der Waals surface area (Å²) in [5, 5.41) is 7.27. The molecule has 1 aromatic carbocycles. The van der Waals surface area contributed by atoms with Crippen molar-refractivity contribution in [2.75, 3.05) is 7.11 Å². The normalized spacial score (nSPS) is 10.6. The summed E-state index contributed by atoms with van der Waals surface area (Å²) in [6.45, 7) is 4.53. The van der Waals surface area contributed by atoms with Crippen LogP contribution in [-0.4, -0.2) is 17.3 Å². The van der Waals surface area contributed by atoms with Crippen LogP contribution in [0.15, 0.2) is 18.2 Å². The number of aromatic amines is 1. The SMILES string of the molecule is COc1ccc(-c2n[nH]c(CN)c2C)cc1C. The van der Waals surface area contributed by atoms with Gasteiger partial charge in [0.05, 0.1) is 18.5 Å². The molecule has 2 rings (SSSR count). The molecule has 2 aromatic rings. The number of aryl methyl sites for hydroxylation is 1. The maximum Gasteiger partial charge on any atom is 0.121 e. The van der Waals surface area contributed by atoms with Gasteiger partial charge in [-0.25, -0.2) is 0 Å². The van der Waals surface area contributed by atoms with E-state index >= 15 is 0 Å². The summed E-state index contributed by atoms with van der Waals surface area (Å²) >= 11 is 0. The zero-order valence-corrected chi connectivity index (χ0v) is 10.4. The van der Waals surface area contributed by atoms with Crippen molar-refractivity contribution in [2.24, 2.45) is 5.73 Å². The average Bonchev–Trinajstić information content (AvgIpc) is 2.70. The van der Waals surface area contributed by atoms with E-state index in [9.17, 15) is 0 Å². The molecular weight excluding hydrogens is 214 g/mol. The minimum atomic E-state index is 0.480. The number of hydrogen-bond acceptors (Lipinski definition) is 3. The van der Waals surface area contributed by atoms with Gasteiger partial charge in [0.25, 0.3) is 0 Å². The van der Waals surface area contributed by atoms with Crippen LogP contribution in [0.2, 0.25) is 0 Å². The highest BCUT2D eigenvalue weighted by atomic mass is 16.5. The smallest absolute Gasteiger partial charge is 0.121 e. The zero-order valence-electron chi connectivity index (χ0n) is 10.4. The first-order chi connectivity index (χ1) is 8.17. The highest BCUT2D eigenvalue weighted by Crippen LogP contribution is 2.27. The summed E-state index contributed by atoms with van der Waals surface area (Å²) in [5.74, 6) is 0.890. The number of aromatic nitrogens is 2. The number of hydrogen-bond donors (Lipinski definition) is 2. The van der Waals surface area contributed by atoms with E-state index in [-0.39, 0.29) is 0 Å². The molecule has 0 fully saturated rings. The lowest BCUT2D eigenvalue weighted by Gasteiger charge is -2.06. The standard InChI is InChI=1S/C13H17N3O/c1-8-6-10(4-5-12(8)17-3)13-9(2)11(7-14)15-16-13/h4-6H,7,14H2,1-3H3,(H,15,16). The Morgan fingerprint density at radius 3 is 2.65 bits per heavy atom. The largest absolute Gasteiger partial charge is 0.496 e. The quantitative estimate of drug-likeness (QED) is 0.850. The van der Waals surface area contributed by atoms with Crippen molar-refractivity contribution in [3.05, 3.63) is 35.0 Å². The number of benzene rings is 1. The molecule has 0 aliphatic rings. The minimum Gasteiger partial charge on any atom is -0.496 e. The van der Waals surface area contributed by atoms with E-state index in [1.165, 1.54) is 0 Å². The summed E-state index contributed by atoms with van der Waals surface area (Å²) in [4.78, 5) is 0. The number of nitrogens with one attached hydrogen (secondary N) is 1.